The molecule has 1 aromatic heterocycles. The highest BCUT2D eigenvalue weighted by atomic mass is 35.5. The molecule has 3 aliphatic rings. The molecule has 274 valence electrons. The van der Waals surface area contributed by atoms with Crippen LogP contribution in [0.1, 0.15) is 84.3 Å². The van der Waals surface area contributed by atoms with Crippen molar-refractivity contribution in [3.05, 3.63) is 92.2 Å². The maximum absolute atomic E-state index is 15.6. The van der Waals surface area contributed by atoms with Gasteiger partial charge in [-0.3, -0.25) is 14.5 Å². The fourth-order valence-electron chi connectivity index (χ4n) is 7.31. The average Bonchev–Trinajstić information content (AvgIpc) is 3.68. The van der Waals surface area contributed by atoms with E-state index in [-0.39, 0.29) is 46.4 Å². The standard InChI is InChI=1S/C39H42Cl2FN5O5/c1-21(2)47-17-16-30-29(20-47)44-37(46(30)3)38(48)45-28-13-7-12-26(34(28)40)23-10-6-11-25-24(23)14-15-31(25)51-33-18-32(50-4)27(36(42)35(33)41)19-43-52-39(49)22-8-5-9-22/h6-7,10-13,18,21-22,31,43H,5,8-9,14-17,19-20H2,1-4H3,(H,45,48). The Kier molecular flexibility index (Phi) is 10.5. The minimum absolute atomic E-state index is 0.117. The summed E-state index contributed by atoms with van der Waals surface area (Å²) in [4.78, 5) is 37.9. The second-order valence-electron chi connectivity index (χ2n) is 13.9. The molecule has 1 fully saturated rings. The number of methoxy groups -OCH3 is 1. The number of hydrogen-bond donors (Lipinski definition) is 2. The number of amides is 1. The lowest BCUT2D eigenvalue weighted by atomic mass is 9.86. The van der Waals surface area contributed by atoms with Crippen molar-refractivity contribution in [1.29, 1.82) is 0 Å². The number of nitrogens with zero attached hydrogens (tertiary/aromatic N) is 3. The normalized spacial score (nSPS) is 17.0. The fraction of sp³-hybridized carbons (Fsp3) is 0.410. The van der Waals surface area contributed by atoms with Crippen LogP contribution in [0.4, 0.5) is 10.1 Å². The van der Waals surface area contributed by atoms with Gasteiger partial charge in [-0.25, -0.2) is 9.37 Å². The van der Waals surface area contributed by atoms with E-state index in [0.29, 0.717) is 42.0 Å². The first-order valence-electron chi connectivity index (χ1n) is 17.7. The van der Waals surface area contributed by atoms with E-state index in [1.165, 1.54) is 7.11 Å². The van der Waals surface area contributed by atoms with Gasteiger partial charge >= 0.3 is 5.97 Å². The highest BCUT2D eigenvalue weighted by Crippen LogP contribution is 2.45. The van der Waals surface area contributed by atoms with E-state index in [9.17, 15) is 9.59 Å². The number of halogens is 3. The third-order valence-corrected chi connectivity index (χ3v) is 11.3. The third kappa shape index (κ3) is 6.87. The molecule has 2 N–H and O–H groups in total. The summed E-state index contributed by atoms with van der Waals surface area (Å²) in [6.45, 7) is 5.85. The second kappa shape index (κ2) is 15.1. The largest absolute Gasteiger partial charge is 0.496 e. The highest BCUT2D eigenvalue weighted by Gasteiger charge is 2.31. The lowest BCUT2D eigenvalue weighted by Gasteiger charge is -2.29. The quantitative estimate of drug-likeness (QED) is 0.149. The summed E-state index contributed by atoms with van der Waals surface area (Å²) in [6.07, 6.45) is 4.32. The Morgan fingerprint density at radius 3 is 2.54 bits per heavy atom. The van der Waals surface area contributed by atoms with Crippen molar-refractivity contribution < 1.29 is 28.3 Å². The Balaban J connectivity index is 1.08. The fourth-order valence-corrected chi connectivity index (χ4v) is 7.80. The summed E-state index contributed by atoms with van der Waals surface area (Å²) in [5.74, 6) is -0.807. The van der Waals surface area contributed by atoms with Gasteiger partial charge < -0.3 is 24.2 Å². The topological polar surface area (TPSA) is 107 Å². The van der Waals surface area contributed by atoms with E-state index < -0.39 is 11.9 Å². The van der Waals surface area contributed by atoms with Gasteiger partial charge in [0.2, 0.25) is 0 Å². The van der Waals surface area contributed by atoms with Gasteiger partial charge in [-0.1, -0.05) is 60.0 Å². The number of benzene rings is 3. The number of imidazole rings is 1. The SMILES string of the molecule is COc1cc(OC2CCc3c(-c4cccc(NC(=O)c5nc6c(n5C)CCN(C(C)C)C6)c4Cl)cccc32)c(Cl)c(F)c1CNOC(=O)C1CCC1. The molecule has 1 saturated carbocycles. The third-order valence-electron chi connectivity index (χ3n) is 10.6. The van der Waals surface area contributed by atoms with Crippen LogP contribution in [0, 0.1) is 11.7 Å². The van der Waals surface area contributed by atoms with Crippen molar-refractivity contribution in [3.63, 3.8) is 0 Å². The van der Waals surface area contributed by atoms with E-state index in [1.54, 1.807) is 12.1 Å². The monoisotopic (exact) mass is 749 g/mol. The number of rotatable bonds is 11. The van der Waals surface area contributed by atoms with Crippen molar-refractivity contribution >= 4 is 40.8 Å². The molecule has 52 heavy (non-hydrogen) atoms. The molecule has 0 spiro atoms. The number of fused-ring (bicyclic) bond motifs is 2. The molecule has 3 aromatic carbocycles. The zero-order chi connectivity index (χ0) is 36.7. The van der Waals surface area contributed by atoms with Gasteiger partial charge in [-0.2, -0.15) is 0 Å². The van der Waals surface area contributed by atoms with Gasteiger partial charge in [0.05, 0.1) is 36.0 Å². The van der Waals surface area contributed by atoms with Gasteiger partial charge in [0, 0.05) is 55.5 Å². The van der Waals surface area contributed by atoms with Crippen LogP contribution in [0.5, 0.6) is 11.5 Å². The maximum atomic E-state index is 15.6. The predicted octanol–water partition coefficient (Wildman–Crippen LogP) is 7.97. The van der Waals surface area contributed by atoms with Gasteiger partial charge in [0.1, 0.15) is 22.6 Å². The molecule has 1 atom stereocenters. The zero-order valence-electron chi connectivity index (χ0n) is 29.7. The van der Waals surface area contributed by atoms with Crippen LogP contribution >= 0.6 is 23.2 Å². The minimum Gasteiger partial charge on any atom is -0.496 e. The molecule has 1 unspecified atom stereocenters. The molecule has 2 heterocycles. The molecule has 0 bridgehead atoms. The molecule has 4 aromatic rings. The summed E-state index contributed by atoms with van der Waals surface area (Å²) >= 11 is 13.5. The minimum atomic E-state index is -0.718. The maximum Gasteiger partial charge on any atom is 0.327 e. The van der Waals surface area contributed by atoms with E-state index >= 15 is 4.39 Å². The molecule has 1 amide bonds. The first-order valence-corrected chi connectivity index (χ1v) is 18.5. The van der Waals surface area contributed by atoms with Gasteiger partial charge in [-0.15, -0.1) is 5.48 Å². The molecule has 1 aliphatic heterocycles. The van der Waals surface area contributed by atoms with Crippen molar-refractivity contribution in [2.75, 3.05) is 19.0 Å². The summed E-state index contributed by atoms with van der Waals surface area (Å²) < 4.78 is 29.3. The van der Waals surface area contributed by atoms with Crippen LogP contribution in [-0.2, 0) is 42.6 Å². The van der Waals surface area contributed by atoms with Gasteiger partial charge in [0.25, 0.3) is 5.91 Å². The van der Waals surface area contributed by atoms with Crippen LogP contribution in [0.25, 0.3) is 11.1 Å². The number of anilines is 1. The molecular weight excluding hydrogens is 708 g/mol. The molecule has 13 heteroatoms. The molecule has 0 saturated heterocycles. The lowest BCUT2D eigenvalue weighted by molar-refractivity contribution is -0.159. The smallest absolute Gasteiger partial charge is 0.327 e. The summed E-state index contributed by atoms with van der Waals surface area (Å²) in [6, 6.07) is 13.4. The van der Waals surface area contributed by atoms with Crippen molar-refractivity contribution in [1.82, 2.24) is 19.9 Å². The van der Waals surface area contributed by atoms with Gasteiger partial charge in [-0.05, 0) is 62.3 Å². The zero-order valence-corrected chi connectivity index (χ0v) is 31.2. The Morgan fingerprint density at radius 1 is 1.04 bits per heavy atom. The molecule has 10 nitrogen and oxygen atoms in total. The van der Waals surface area contributed by atoms with E-state index in [4.69, 9.17) is 42.5 Å². The Bertz CT molecular complexity index is 2030. The van der Waals surface area contributed by atoms with Crippen LogP contribution < -0.4 is 20.3 Å². The highest BCUT2D eigenvalue weighted by molar-refractivity contribution is 6.36. The molecular formula is C39H42Cl2FN5O5. The van der Waals surface area contributed by atoms with Crippen LogP contribution in [0.3, 0.4) is 0 Å². The molecule has 2 aliphatic carbocycles. The molecule has 7 rings (SSSR count). The first kappa shape index (κ1) is 36.2. The predicted molar refractivity (Wildman–Crippen MR) is 197 cm³/mol. The number of hydrogen-bond acceptors (Lipinski definition) is 8. The van der Waals surface area contributed by atoms with E-state index in [2.05, 4.69) is 29.5 Å². The number of aromatic nitrogens is 2. The summed E-state index contributed by atoms with van der Waals surface area (Å²) in [5, 5.41) is 3.22. The summed E-state index contributed by atoms with van der Waals surface area (Å²) in [7, 11) is 3.31. The Labute approximate surface area is 312 Å². The van der Waals surface area contributed by atoms with Crippen molar-refractivity contribution in [3.8, 4) is 22.6 Å². The average molecular weight is 751 g/mol. The first-order chi connectivity index (χ1) is 25.0. The Hall–Kier alpha value is -4.16. The van der Waals surface area contributed by atoms with Crippen LogP contribution in [0.2, 0.25) is 10.0 Å². The lowest BCUT2D eigenvalue weighted by Crippen LogP contribution is -2.36. The van der Waals surface area contributed by atoms with Crippen LogP contribution in [0.15, 0.2) is 42.5 Å². The second-order valence-corrected chi connectivity index (χ2v) is 14.7. The van der Waals surface area contributed by atoms with E-state index in [0.717, 1.165) is 65.9 Å². The van der Waals surface area contributed by atoms with Crippen molar-refractivity contribution in [2.24, 2.45) is 13.0 Å². The number of ether oxygens (including phenoxy) is 2. The Morgan fingerprint density at radius 2 is 1.81 bits per heavy atom. The van der Waals surface area contributed by atoms with Crippen molar-refractivity contribution in [2.45, 2.75) is 77.6 Å². The number of carbonyl (C=O) groups is 2. The summed E-state index contributed by atoms with van der Waals surface area (Å²) in [5.41, 5.74) is 8.83. The number of nitrogens with one attached hydrogen (secondary N) is 2. The molecule has 0 radical (unpaired) electrons. The number of hydroxylamine groups is 1. The van der Waals surface area contributed by atoms with Gasteiger partial charge in [0.15, 0.2) is 11.6 Å². The number of carbonyl (C=O) groups excluding carboxylic acids is 2. The van der Waals surface area contributed by atoms with Crippen LogP contribution in [-0.4, -0.2) is 46.0 Å². The van der Waals surface area contributed by atoms with E-state index in [1.807, 2.05) is 41.9 Å².